The number of halogens is 2. The molecule has 1 aromatic heterocycles. The van der Waals surface area contributed by atoms with Gasteiger partial charge in [-0.15, -0.1) is 0 Å². The summed E-state index contributed by atoms with van der Waals surface area (Å²) < 4.78 is 13.3. The summed E-state index contributed by atoms with van der Waals surface area (Å²) in [5.41, 5.74) is 2.18. The van der Waals surface area contributed by atoms with E-state index in [1.165, 1.54) is 12.1 Å². The van der Waals surface area contributed by atoms with Gasteiger partial charge in [0.25, 0.3) is 0 Å². The van der Waals surface area contributed by atoms with Gasteiger partial charge in [-0.3, -0.25) is 0 Å². The number of nitrogens with zero attached hydrogens (tertiary/aromatic N) is 2. The Labute approximate surface area is 111 Å². The highest BCUT2D eigenvalue weighted by Gasteiger charge is 2.13. The van der Waals surface area contributed by atoms with E-state index in [1.54, 1.807) is 6.07 Å². The van der Waals surface area contributed by atoms with E-state index in [1.807, 2.05) is 26.8 Å². The van der Waals surface area contributed by atoms with Gasteiger partial charge in [-0.2, -0.15) is 0 Å². The highest BCUT2D eigenvalue weighted by atomic mass is 35.5. The molecule has 0 bridgehead atoms. The Kier molecular flexibility index (Phi) is 3.62. The molecule has 0 fully saturated rings. The van der Waals surface area contributed by atoms with Gasteiger partial charge < -0.3 is 0 Å². The minimum Gasteiger partial charge on any atom is -0.232 e. The summed E-state index contributed by atoms with van der Waals surface area (Å²) in [6.07, 6.45) is 0. The van der Waals surface area contributed by atoms with Gasteiger partial charge in [-0.1, -0.05) is 37.6 Å². The number of aromatic nitrogens is 2. The van der Waals surface area contributed by atoms with E-state index >= 15 is 0 Å². The molecule has 2 aromatic rings. The Morgan fingerprint density at radius 1 is 1.22 bits per heavy atom. The second kappa shape index (κ2) is 5.02. The molecule has 18 heavy (non-hydrogen) atoms. The Hall–Kier alpha value is -1.48. The number of rotatable bonds is 2. The maximum atomic E-state index is 13.3. The first-order valence-electron chi connectivity index (χ1n) is 5.79. The van der Waals surface area contributed by atoms with Crippen LogP contribution in [0.3, 0.4) is 0 Å². The van der Waals surface area contributed by atoms with Crippen molar-refractivity contribution in [3.8, 4) is 11.3 Å². The average molecular weight is 265 g/mol. The van der Waals surface area contributed by atoms with E-state index in [-0.39, 0.29) is 11.7 Å². The summed E-state index contributed by atoms with van der Waals surface area (Å²) in [4.78, 5) is 8.72. The van der Waals surface area contributed by atoms with Crippen molar-refractivity contribution < 1.29 is 4.39 Å². The predicted octanol–water partition coefficient (Wildman–Crippen LogP) is 4.37. The van der Waals surface area contributed by atoms with Crippen LogP contribution in [0, 0.1) is 12.7 Å². The maximum absolute atomic E-state index is 13.3. The van der Waals surface area contributed by atoms with Gasteiger partial charge in [-0.05, 0) is 19.1 Å². The molecule has 0 aliphatic carbocycles. The monoisotopic (exact) mass is 264 g/mol. The van der Waals surface area contributed by atoms with Gasteiger partial charge in [0.2, 0.25) is 0 Å². The van der Waals surface area contributed by atoms with Crippen molar-refractivity contribution in [1.29, 1.82) is 0 Å². The number of hydrogen-bond donors (Lipinski definition) is 0. The van der Waals surface area contributed by atoms with Gasteiger partial charge in [-0.25, -0.2) is 14.4 Å². The van der Waals surface area contributed by atoms with Gasteiger partial charge in [0.05, 0.1) is 5.69 Å². The molecule has 0 amide bonds. The SMILES string of the molecule is Cc1c(Cl)nc(C(C)C)nc1-c1cccc(F)c1. The fourth-order valence-corrected chi connectivity index (χ4v) is 1.86. The van der Waals surface area contributed by atoms with Crippen molar-refractivity contribution in [3.05, 3.63) is 46.6 Å². The van der Waals surface area contributed by atoms with E-state index in [0.717, 1.165) is 11.1 Å². The minimum absolute atomic E-state index is 0.176. The van der Waals surface area contributed by atoms with Crippen LogP contribution in [0.2, 0.25) is 5.15 Å². The lowest BCUT2D eigenvalue weighted by atomic mass is 10.1. The van der Waals surface area contributed by atoms with Crippen LogP contribution in [-0.2, 0) is 0 Å². The van der Waals surface area contributed by atoms with Crippen molar-refractivity contribution in [2.45, 2.75) is 26.7 Å². The van der Waals surface area contributed by atoms with Crippen molar-refractivity contribution in [2.75, 3.05) is 0 Å². The van der Waals surface area contributed by atoms with Crippen LogP contribution >= 0.6 is 11.6 Å². The summed E-state index contributed by atoms with van der Waals surface area (Å²) in [6.45, 7) is 5.83. The van der Waals surface area contributed by atoms with Crippen LogP contribution in [0.25, 0.3) is 11.3 Å². The van der Waals surface area contributed by atoms with Crippen LogP contribution in [-0.4, -0.2) is 9.97 Å². The molecule has 0 saturated carbocycles. The summed E-state index contributed by atoms with van der Waals surface area (Å²) in [5, 5.41) is 0.424. The summed E-state index contributed by atoms with van der Waals surface area (Å²) in [7, 11) is 0. The lowest BCUT2D eigenvalue weighted by molar-refractivity contribution is 0.628. The predicted molar refractivity (Wildman–Crippen MR) is 71.3 cm³/mol. The van der Waals surface area contributed by atoms with E-state index in [4.69, 9.17) is 11.6 Å². The zero-order chi connectivity index (χ0) is 13.3. The summed E-state index contributed by atoms with van der Waals surface area (Å²) >= 11 is 6.11. The van der Waals surface area contributed by atoms with Crippen molar-refractivity contribution in [1.82, 2.24) is 9.97 Å². The molecule has 1 heterocycles. The van der Waals surface area contributed by atoms with E-state index < -0.39 is 0 Å². The first-order valence-corrected chi connectivity index (χ1v) is 6.17. The van der Waals surface area contributed by atoms with Crippen molar-refractivity contribution in [2.24, 2.45) is 0 Å². The number of benzene rings is 1. The zero-order valence-electron chi connectivity index (χ0n) is 10.5. The fourth-order valence-electron chi connectivity index (χ4n) is 1.68. The van der Waals surface area contributed by atoms with Crippen molar-refractivity contribution >= 4 is 11.6 Å². The second-order valence-electron chi connectivity index (χ2n) is 4.51. The normalized spacial score (nSPS) is 11.0. The maximum Gasteiger partial charge on any atom is 0.136 e. The molecule has 0 aliphatic heterocycles. The number of hydrogen-bond acceptors (Lipinski definition) is 2. The molecule has 1 aromatic carbocycles. The van der Waals surface area contributed by atoms with Gasteiger partial charge >= 0.3 is 0 Å². The first-order chi connectivity index (χ1) is 8.49. The molecule has 0 unspecified atom stereocenters. The third-order valence-corrected chi connectivity index (χ3v) is 3.09. The highest BCUT2D eigenvalue weighted by molar-refractivity contribution is 6.30. The molecular formula is C14H14ClFN2. The Bertz CT molecular complexity index is 582. The molecule has 0 atom stereocenters. The Morgan fingerprint density at radius 3 is 2.56 bits per heavy atom. The van der Waals surface area contributed by atoms with E-state index in [0.29, 0.717) is 16.7 Å². The zero-order valence-corrected chi connectivity index (χ0v) is 11.3. The molecule has 94 valence electrons. The van der Waals surface area contributed by atoms with E-state index in [2.05, 4.69) is 9.97 Å². The summed E-state index contributed by atoms with van der Waals surface area (Å²) in [5.74, 6) is 0.563. The Morgan fingerprint density at radius 2 is 1.94 bits per heavy atom. The molecule has 4 heteroatoms. The van der Waals surface area contributed by atoms with Crippen LogP contribution in [0.4, 0.5) is 4.39 Å². The van der Waals surface area contributed by atoms with Crippen LogP contribution < -0.4 is 0 Å². The lowest BCUT2D eigenvalue weighted by Gasteiger charge is -2.11. The lowest BCUT2D eigenvalue weighted by Crippen LogP contribution is -2.02. The molecule has 2 nitrogen and oxygen atoms in total. The summed E-state index contributed by atoms with van der Waals surface area (Å²) in [6, 6.07) is 6.34. The van der Waals surface area contributed by atoms with Gasteiger partial charge in [0, 0.05) is 17.0 Å². The third-order valence-electron chi connectivity index (χ3n) is 2.72. The van der Waals surface area contributed by atoms with E-state index in [9.17, 15) is 4.39 Å². The minimum atomic E-state index is -0.285. The molecular weight excluding hydrogens is 251 g/mol. The third kappa shape index (κ3) is 2.51. The first kappa shape index (κ1) is 13.0. The standard InChI is InChI=1S/C14H14ClFN2/c1-8(2)14-17-12(9(3)13(15)18-14)10-5-4-6-11(16)7-10/h4-8H,1-3H3. The molecule has 2 rings (SSSR count). The average Bonchev–Trinajstić information content (AvgIpc) is 2.32. The molecule has 0 spiro atoms. The fraction of sp³-hybridized carbons (Fsp3) is 0.286. The quantitative estimate of drug-likeness (QED) is 0.753. The Balaban J connectivity index is 2.63. The molecule has 0 saturated heterocycles. The van der Waals surface area contributed by atoms with Crippen LogP contribution in [0.5, 0.6) is 0 Å². The topological polar surface area (TPSA) is 25.8 Å². The van der Waals surface area contributed by atoms with Crippen molar-refractivity contribution in [3.63, 3.8) is 0 Å². The second-order valence-corrected chi connectivity index (χ2v) is 4.87. The largest absolute Gasteiger partial charge is 0.232 e. The highest BCUT2D eigenvalue weighted by Crippen LogP contribution is 2.27. The molecule has 0 radical (unpaired) electrons. The molecule has 0 aliphatic rings. The van der Waals surface area contributed by atoms with Crippen LogP contribution in [0.1, 0.15) is 31.2 Å². The smallest absolute Gasteiger partial charge is 0.136 e. The van der Waals surface area contributed by atoms with Gasteiger partial charge in [0.1, 0.15) is 16.8 Å². The van der Waals surface area contributed by atoms with Gasteiger partial charge in [0.15, 0.2) is 0 Å². The molecule has 0 N–H and O–H groups in total. The van der Waals surface area contributed by atoms with Crippen LogP contribution in [0.15, 0.2) is 24.3 Å².